The van der Waals surface area contributed by atoms with Crippen LogP contribution in [0.3, 0.4) is 0 Å². The number of aromatic nitrogens is 2. The lowest BCUT2D eigenvalue weighted by Gasteiger charge is -2.20. The third-order valence-corrected chi connectivity index (χ3v) is 7.33. The van der Waals surface area contributed by atoms with Gasteiger partial charge in [0.15, 0.2) is 0 Å². The van der Waals surface area contributed by atoms with Crippen LogP contribution in [0.15, 0.2) is 52.4 Å². The molecule has 164 valence electrons. The molecule has 1 N–H and O–H groups in total. The molecule has 3 rings (SSSR count). The summed E-state index contributed by atoms with van der Waals surface area (Å²) < 4.78 is 28.4. The van der Waals surface area contributed by atoms with Crippen molar-refractivity contribution in [1.82, 2.24) is 13.9 Å². The molecule has 0 aliphatic rings. The van der Waals surface area contributed by atoms with Crippen molar-refractivity contribution < 1.29 is 13.2 Å². The van der Waals surface area contributed by atoms with E-state index in [-0.39, 0.29) is 17.0 Å². The molecule has 9 heteroatoms. The number of hydrogen-bond donors (Lipinski definition) is 1. The number of fused-ring (bicyclic) bond motifs is 1. The number of para-hydroxylation sites is 1. The molecule has 0 aliphatic heterocycles. The molecule has 0 unspecified atom stereocenters. The first-order valence-corrected chi connectivity index (χ1v) is 11.5. The van der Waals surface area contributed by atoms with Crippen molar-refractivity contribution in [1.29, 1.82) is 0 Å². The highest BCUT2D eigenvalue weighted by molar-refractivity contribution is 7.89. The number of nitrogens with zero attached hydrogens (tertiary/aromatic N) is 3. The maximum Gasteiger partial charge on any atom is 0.261 e. The molecule has 0 bridgehead atoms. The molecule has 0 spiro atoms. The molecule has 0 fully saturated rings. The summed E-state index contributed by atoms with van der Waals surface area (Å²) in [6.07, 6.45) is 1.34. The van der Waals surface area contributed by atoms with Crippen LogP contribution < -0.4 is 10.9 Å². The zero-order chi connectivity index (χ0) is 22.8. The van der Waals surface area contributed by atoms with E-state index >= 15 is 0 Å². The summed E-state index contributed by atoms with van der Waals surface area (Å²) in [5.74, 6) is -0.445. The van der Waals surface area contributed by atoms with Crippen LogP contribution in [-0.4, -0.2) is 41.3 Å². The Bertz CT molecular complexity index is 1290. The van der Waals surface area contributed by atoms with Gasteiger partial charge in [-0.2, -0.15) is 4.31 Å². The second-order valence-corrected chi connectivity index (χ2v) is 9.18. The number of sulfonamides is 1. The minimum atomic E-state index is -3.67. The molecule has 0 aliphatic carbocycles. The quantitative estimate of drug-likeness (QED) is 0.606. The molecule has 0 atom stereocenters. The Morgan fingerprint density at radius 2 is 1.81 bits per heavy atom. The van der Waals surface area contributed by atoms with Crippen LogP contribution >= 0.6 is 0 Å². The molecular weight excluding hydrogens is 416 g/mol. The Morgan fingerprint density at radius 1 is 1.13 bits per heavy atom. The summed E-state index contributed by atoms with van der Waals surface area (Å²) >= 11 is 0. The summed E-state index contributed by atoms with van der Waals surface area (Å²) in [5.41, 5.74) is 2.15. The van der Waals surface area contributed by atoms with Gasteiger partial charge >= 0.3 is 0 Å². The van der Waals surface area contributed by atoms with E-state index in [2.05, 4.69) is 10.3 Å². The van der Waals surface area contributed by atoms with Gasteiger partial charge in [0.05, 0.1) is 22.1 Å². The van der Waals surface area contributed by atoms with Crippen molar-refractivity contribution in [2.24, 2.45) is 0 Å². The number of rotatable bonds is 7. The first kappa shape index (κ1) is 22.6. The van der Waals surface area contributed by atoms with E-state index in [4.69, 9.17) is 0 Å². The van der Waals surface area contributed by atoms with Crippen molar-refractivity contribution in [3.63, 3.8) is 0 Å². The Morgan fingerprint density at radius 3 is 2.48 bits per heavy atom. The highest BCUT2D eigenvalue weighted by Gasteiger charge is 2.23. The third kappa shape index (κ3) is 4.52. The Hall–Kier alpha value is -3.04. The van der Waals surface area contributed by atoms with Gasteiger partial charge in [-0.25, -0.2) is 13.4 Å². The molecule has 2 aromatic carbocycles. The first-order valence-electron chi connectivity index (χ1n) is 10.0. The highest BCUT2D eigenvalue weighted by Crippen LogP contribution is 2.26. The average Bonchev–Trinajstić information content (AvgIpc) is 2.74. The summed E-state index contributed by atoms with van der Waals surface area (Å²) in [6, 6.07) is 9.99. The van der Waals surface area contributed by atoms with Crippen LogP contribution in [0.5, 0.6) is 0 Å². The van der Waals surface area contributed by atoms with Gasteiger partial charge in [0.2, 0.25) is 15.9 Å². The normalized spacial score (nSPS) is 11.8. The molecule has 1 amide bonds. The fraction of sp³-hybridized carbons (Fsp3) is 0.318. The third-order valence-electron chi connectivity index (χ3n) is 5.30. The van der Waals surface area contributed by atoms with Crippen molar-refractivity contribution >= 4 is 32.5 Å². The molecule has 0 saturated carbocycles. The van der Waals surface area contributed by atoms with E-state index in [0.717, 1.165) is 11.1 Å². The van der Waals surface area contributed by atoms with E-state index in [1.807, 2.05) is 6.92 Å². The highest BCUT2D eigenvalue weighted by atomic mass is 32.2. The monoisotopic (exact) mass is 442 g/mol. The van der Waals surface area contributed by atoms with Crippen LogP contribution in [0.1, 0.15) is 25.0 Å². The fourth-order valence-corrected chi connectivity index (χ4v) is 4.95. The largest absolute Gasteiger partial charge is 0.324 e. The Kier molecular flexibility index (Phi) is 6.56. The van der Waals surface area contributed by atoms with Gasteiger partial charge in [-0.3, -0.25) is 14.2 Å². The molecule has 1 heterocycles. The van der Waals surface area contributed by atoms with Crippen LogP contribution in [0.2, 0.25) is 0 Å². The second-order valence-electron chi connectivity index (χ2n) is 7.25. The maximum atomic E-state index is 12.9. The van der Waals surface area contributed by atoms with Crippen LogP contribution in [-0.2, 0) is 21.4 Å². The van der Waals surface area contributed by atoms with E-state index in [0.29, 0.717) is 29.7 Å². The Labute approximate surface area is 181 Å². The van der Waals surface area contributed by atoms with E-state index in [9.17, 15) is 18.0 Å². The van der Waals surface area contributed by atoms with Crippen molar-refractivity contribution in [2.45, 2.75) is 39.1 Å². The Balaban J connectivity index is 1.91. The minimum Gasteiger partial charge on any atom is -0.324 e. The lowest BCUT2D eigenvalue weighted by molar-refractivity contribution is -0.116. The zero-order valence-electron chi connectivity index (χ0n) is 18.0. The molecule has 0 saturated heterocycles. The van der Waals surface area contributed by atoms with Crippen LogP contribution in [0.25, 0.3) is 10.9 Å². The average molecular weight is 443 g/mol. The summed E-state index contributed by atoms with van der Waals surface area (Å²) in [4.78, 5) is 29.6. The van der Waals surface area contributed by atoms with Crippen molar-refractivity contribution in [3.8, 4) is 0 Å². The van der Waals surface area contributed by atoms with E-state index < -0.39 is 15.9 Å². The van der Waals surface area contributed by atoms with Gasteiger partial charge in [0.25, 0.3) is 5.56 Å². The molecule has 31 heavy (non-hydrogen) atoms. The van der Waals surface area contributed by atoms with E-state index in [1.54, 1.807) is 51.1 Å². The summed E-state index contributed by atoms with van der Waals surface area (Å²) in [7, 11) is -3.67. The molecule has 0 radical (unpaired) electrons. The van der Waals surface area contributed by atoms with Gasteiger partial charge < -0.3 is 5.32 Å². The number of amides is 1. The lowest BCUT2D eigenvalue weighted by Crippen LogP contribution is -2.31. The number of benzene rings is 2. The number of hydrogen-bond acceptors (Lipinski definition) is 5. The van der Waals surface area contributed by atoms with Crippen LogP contribution in [0.4, 0.5) is 5.69 Å². The predicted molar refractivity (Wildman–Crippen MR) is 121 cm³/mol. The first-order chi connectivity index (χ1) is 14.7. The number of anilines is 1. The smallest absolute Gasteiger partial charge is 0.261 e. The van der Waals surface area contributed by atoms with Gasteiger partial charge in [-0.1, -0.05) is 26.0 Å². The predicted octanol–water partition coefficient (Wildman–Crippen LogP) is 2.68. The maximum absolute atomic E-state index is 12.9. The number of carbonyl (C=O) groups is 1. The van der Waals surface area contributed by atoms with Gasteiger partial charge in [0, 0.05) is 18.8 Å². The van der Waals surface area contributed by atoms with Gasteiger partial charge in [-0.15, -0.1) is 0 Å². The molecule has 8 nitrogen and oxygen atoms in total. The van der Waals surface area contributed by atoms with Crippen molar-refractivity contribution in [3.05, 3.63) is 64.2 Å². The minimum absolute atomic E-state index is 0.124. The van der Waals surface area contributed by atoms with Gasteiger partial charge in [-0.05, 0) is 49.2 Å². The standard InChI is InChI=1S/C22H26N4O4S/c1-5-26(6-2)31(29,30)17-11-15(3)16(4)20(12-17)24-21(27)13-25-14-23-19-10-8-7-9-18(19)22(25)28/h7-12,14H,5-6,13H2,1-4H3,(H,24,27). The fourth-order valence-electron chi connectivity index (χ4n) is 3.38. The number of carbonyl (C=O) groups excluding carboxylic acids is 1. The van der Waals surface area contributed by atoms with Crippen molar-refractivity contribution in [2.75, 3.05) is 18.4 Å². The lowest BCUT2D eigenvalue weighted by atomic mass is 10.1. The molecule has 1 aromatic heterocycles. The summed E-state index contributed by atoms with van der Waals surface area (Å²) in [6.45, 7) is 7.63. The second kappa shape index (κ2) is 8.99. The summed E-state index contributed by atoms with van der Waals surface area (Å²) in [5, 5.41) is 3.18. The van der Waals surface area contributed by atoms with Gasteiger partial charge in [0.1, 0.15) is 6.54 Å². The molecule has 3 aromatic rings. The van der Waals surface area contributed by atoms with E-state index in [1.165, 1.54) is 21.3 Å². The number of aryl methyl sites for hydroxylation is 1. The topological polar surface area (TPSA) is 101 Å². The zero-order valence-corrected chi connectivity index (χ0v) is 18.9. The molecular formula is C22H26N4O4S. The van der Waals surface area contributed by atoms with Crippen LogP contribution in [0, 0.1) is 13.8 Å². The SMILES string of the molecule is CCN(CC)S(=O)(=O)c1cc(C)c(C)c(NC(=O)Cn2cnc3ccccc3c2=O)c1. The number of nitrogens with one attached hydrogen (secondary N) is 1.